The van der Waals surface area contributed by atoms with Gasteiger partial charge in [-0.1, -0.05) is 11.8 Å². The van der Waals surface area contributed by atoms with Gasteiger partial charge in [0.25, 0.3) is 5.69 Å². The van der Waals surface area contributed by atoms with E-state index < -0.39 is 41.4 Å². The lowest BCUT2D eigenvalue weighted by Crippen LogP contribution is -2.57. The highest BCUT2D eigenvalue weighted by molar-refractivity contribution is 7.99. The summed E-state index contributed by atoms with van der Waals surface area (Å²) in [5.74, 6) is 0. The number of non-ortho nitro benzene ring substituents is 1. The van der Waals surface area contributed by atoms with Crippen molar-refractivity contribution < 1.29 is 30.1 Å². The highest BCUT2D eigenvalue weighted by Gasteiger charge is 2.43. The third-order valence-corrected chi connectivity index (χ3v) is 4.31. The van der Waals surface area contributed by atoms with Crippen LogP contribution in [0.4, 0.5) is 5.69 Å². The molecule has 0 aliphatic carbocycles. The molecule has 2 rings (SSSR count). The summed E-state index contributed by atoms with van der Waals surface area (Å²) in [7, 11) is 0. The fourth-order valence-corrected chi connectivity index (χ4v) is 3.01. The second-order valence-electron chi connectivity index (χ2n) is 4.57. The van der Waals surface area contributed by atoms with Gasteiger partial charge in [-0.25, -0.2) is 0 Å². The lowest BCUT2D eigenvalue weighted by molar-refractivity contribution is -0.384. The van der Waals surface area contributed by atoms with Gasteiger partial charge in [0.15, 0.2) is 0 Å². The van der Waals surface area contributed by atoms with Crippen molar-refractivity contribution in [3.63, 3.8) is 0 Å². The Morgan fingerprint density at radius 3 is 2.29 bits per heavy atom. The summed E-state index contributed by atoms with van der Waals surface area (Å²) in [5, 5.41) is 48.9. The number of hydrogen-bond acceptors (Lipinski definition) is 8. The lowest BCUT2D eigenvalue weighted by Gasteiger charge is -2.39. The van der Waals surface area contributed by atoms with Crippen molar-refractivity contribution >= 4 is 17.4 Å². The Kier molecular flexibility index (Phi) is 5.14. The molecule has 0 radical (unpaired) electrons. The third-order valence-electron chi connectivity index (χ3n) is 3.15. The van der Waals surface area contributed by atoms with Crippen LogP contribution in [0.25, 0.3) is 0 Å². The number of nitro groups is 1. The van der Waals surface area contributed by atoms with E-state index in [0.717, 1.165) is 11.8 Å². The van der Waals surface area contributed by atoms with Crippen LogP contribution in [0, 0.1) is 10.1 Å². The third kappa shape index (κ3) is 3.51. The first-order chi connectivity index (χ1) is 9.93. The summed E-state index contributed by atoms with van der Waals surface area (Å²) < 4.78 is 5.33. The van der Waals surface area contributed by atoms with Crippen LogP contribution in [0.2, 0.25) is 0 Å². The van der Waals surface area contributed by atoms with E-state index in [2.05, 4.69) is 0 Å². The average Bonchev–Trinajstić information content (AvgIpc) is 2.48. The fraction of sp³-hybridized carbons (Fsp3) is 0.500. The zero-order valence-corrected chi connectivity index (χ0v) is 11.6. The summed E-state index contributed by atoms with van der Waals surface area (Å²) in [6.45, 7) is -0.498. The van der Waals surface area contributed by atoms with Gasteiger partial charge in [0.2, 0.25) is 0 Å². The van der Waals surface area contributed by atoms with E-state index in [-0.39, 0.29) is 5.69 Å². The van der Waals surface area contributed by atoms with Crippen LogP contribution in [-0.2, 0) is 4.74 Å². The molecule has 1 saturated heterocycles. The standard InChI is InChI=1S/C12H15NO7S/c14-5-8-9(15)10(16)11(17)12(20-8)21-7-3-1-6(2-4-7)13(18)19/h1-4,8-12,14-17H,5H2/t8-,9+,10+,11-,12+/m1/s1. The first-order valence-electron chi connectivity index (χ1n) is 6.15. The van der Waals surface area contributed by atoms with E-state index in [9.17, 15) is 25.4 Å². The minimum atomic E-state index is -1.44. The largest absolute Gasteiger partial charge is 0.394 e. The quantitative estimate of drug-likeness (QED) is 0.431. The molecule has 1 aliphatic heterocycles. The monoisotopic (exact) mass is 317 g/mol. The minimum absolute atomic E-state index is 0.0619. The Labute approximate surface area is 124 Å². The maximum absolute atomic E-state index is 10.6. The Hall–Kier alpha value is -1.23. The molecule has 1 fully saturated rings. The summed E-state index contributed by atoms with van der Waals surface area (Å²) in [4.78, 5) is 10.6. The van der Waals surface area contributed by atoms with Crippen molar-refractivity contribution in [3.8, 4) is 0 Å². The molecule has 0 aromatic heterocycles. The summed E-state index contributed by atoms with van der Waals surface area (Å²) in [5.41, 5.74) is -0.963. The molecule has 5 atom stereocenters. The van der Waals surface area contributed by atoms with E-state index in [0.29, 0.717) is 4.90 Å². The first kappa shape index (κ1) is 16.1. The SMILES string of the molecule is O=[N+]([O-])c1ccc(S[C@@H]2O[C@H](CO)[C@H](O)[C@H](O)[C@H]2O)cc1. The van der Waals surface area contributed by atoms with Crippen molar-refractivity contribution in [2.24, 2.45) is 0 Å². The van der Waals surface area contributed by atoms with Crippen LogP contribution >= 0.6 is 11.8 Å². The first-order valence-corrected chi connectivity index (χ1v) is 7.03. The van der Waals surface area contributed by atoms with Gasteiger partial charge in [-0.2, -0.15) is 0 Å². The van der Waals surface area contributed by atoms with Gasteiger partial charge in [-0.3, -0.25) is 10.1 Å². The van der Waals surface area contributed by atoms with Crippen LogP contribution in [-0.4, -0.2) is 61.8 Å². The molecule has 1 heterocycles. The number of thioether (sulfide) groups is 1. The maximum Gasteiger partial charge on any atom is 0.269 e. The number of rotatable bonds is 4. The fourth-order valence-electron chi connectivity index (χ4n) is 1.95. The smallest absolute Gasteiger partial charge is 0.269 e. The van der Waals surface area contributed by atoms with E-state index in [4.69, 9.17) is 9.84 Å². The van der Waals surface area contributed by atoms with Gasteiger partial charge in [-0.05, 0) is 12.1 Å². The van der Waals surface area contributed by atoms with Gasteiger partial charge < -0.3 is 25.2 Å². The molecule has 0 bridgehead atoms. The summed E-state index contributed by atoms with van der Waals surface area (Å²) in [6, 6.07) is 5.60. The number of hydrogen-bond donors (Lipinski definition) is 4. The van der Waals surface area contributed by atoms with Crippen molar-refractivity contribution in [2.75, 3.05) is 6.61 Å². The predicted molar refractivity (Wildman–Crippen MR) is 72.7 cm³/mol. The number of ether oxygens (including phenoxy) is 1. The molecule has 8 nitrogen and oxygen atoms in total. The normalized spacial score (nSPS) is 32.9. The molecular formula is C12H15NO7S. The van der Waals surface area contributed by atoms with Crippen molar-refractivity contribution in [3.05, 3.63) is 34.4 Å². The molecule has 1 aliphatic rings. The molecule has 0 amide bonds. The molecule has 0 unspecified atom stereocenters. The number of aliphatic hydroxyl groups is 4. The van der Waals surface area contributed by atoms with Crippen LogP contribution in [0.15, 0.2) is 29.2 Å². The van der Waals surface area contributed by atoms with Crippen LogP contribution < -0.4 is 0 Å². The van der Waals surface area contributed by atoms with Crippen molar-refractivity contribution in [1.29, 1.82) is 0 Å². The molecule has 0 saturated carbocycles. The minimum Gasteiger partial charge on any atom is -0.394 e. The maximum atomic E-state index is 10.6. The number of nitro benzene ring substituents is 1. The predicted octanol–water partition coefficient (Wildman–Crippen LogP) is -0.513. The molecule has 0 spiro atoms. The zero-order valence-electron chi connectivity index (χ0n) is 10.8. The molecule has 9 heteroatoms. The highest BCUT2D eigenvalue weighted by atomic mass is 32.2. The number of benzene rings is 1. The van der Waals surface area contributed by atoms with E-state index in [1.54, 1.807) is 0 Å². The molecule has 1 aromatic carbocycles. The molecule has 21 heavy (non-hydrogen) atoms. The Morgan fingerprint density at radius 2 is 1.76 bits per heavy atom. The average molecular weight is 317 g/mol. The molecule has 1 aromatic rings. The summed E-state index contributed by atoms with van der Waals surface area (Å²) in [6.07, 6.45) is -5.16. The van der Waals surface area contributed by atoms with E-state index in [1.807, 2.05) is 0 Å². The zero-order chi connectivity index (χ0) is 15.6. The van der Waals surface area contributed by atoms with Crippen molar-refractivity contribution in [2.45, 2.75) is 34.7 Å². The second kappa shape index (κ2) is 6.69. The number of nitrogens with zero attached hydrogens (tertiary/aromatic N) is 1. The molecule has 116 valence electrons. The topological polar surface area (TPSA) is 133 Å². The van der Waals surface area contributed by atoms with Crippen LogP contribution in [0.3, 0.4) is 0 Å². The Balaban J connectivity index is 2.08. The molecular weight excluding hydrogens is 302 g/mol. The van der Waals surface area contributed by atoms with E-state index in [1.165, 1.54) is 24.3 Å². The van der Waals surface area contributed by atoms with Gasteiger partial charge in [0.1, 0.15) is 29.9 Å². The highest BCUT2D eigenvalue weighted by Crippen LogP contribution is 2.33. The second-order valence-corrected chi connectivity index (χ2v) is 5.74. The van der Waals surface area contributed by atoms with Crippen LogP contribution in [0.1, 0.15) is 0 Å². The van der Waals surface area contributed by atoms with Gasteiger partial charge in [0.05, 0.1) is 11.5 Å². The van der Waals surface area contributed by atoms with Crippen LogP contribution in [0.5, 0.6) is 0 Å². The Bertz CT molecular complexity index is 495. The summed E-state index contributed by atoms with van der Waals surface area (Å²) >= 11 is 1.04. The molecule has 4 N–H and O–H groups in total. The van der Waals surface area contributed by atoms with Gasteiger partial charge >= 0.3 is 0 Å². The Morgan fingerprint density at radius 1 is 1.14 bits per heavy atom. The lowest BCUT2D eigenvalue weighted by atomic mass is 10.0. The van der Waals surface area contributed by atoms with Gasteiger partial charge in [-0.15, -0.1) is 0 Å². The number of aliphatic hydroxyl groups excluding tert-OH is 4. The van der Waals surface area contributed by atoms with E-state index >= 15 is 0 Å². The van der Waals surface area contributed by atoms with Crippen molar-refractivity contribution in [1.82, 2.24) is 0 Å². The van der Waals surface area contributed by atoms with Gasteiger partial charge in [0, 0.05) is 17.0 Å².